The summed E-state index contributed by atoms with van der Waals surface area (Å²) in [4.78, 5) is 0. The molecular formula is C12H19NO2. The molecular weight excluding hydrogens is 190 g/mol. The lowest BCUT2D eigenvalue weighted by molar-refractivity contribution is 0.263. The number of hydrogen-bond donors (Lipinski definition) is 2. The molecule has 3 heteroatoms. The van der Waals surface area contributed by atoms with Crippen molar-refractivity contribution in [3.05, 3.63) is 29.8 Å². The van der Waals surface area contributed by atoms with Crippen LogP contribution in [0.4, 0.5) is 0 Å². The van der Waals surface area contributed by atoms with Crippen molar-refractivity contribution in [2.24, 2.45) is 0 Å². The molecule has 1 atom stereocenters. The Morgan fingerprint density at radius 3 is 2.87 bits per heavy atom. The van der Waals surface area contributed by atoms with Crippen molar-refractivity contribution in [1.29, 1.82) is 0 Å². The first kappa shape index (κ1) is 12.0. The van der Waals surface area contributed by atoms with E-state index >= 15 is 0 Å². The Bertz CT molecular complexity index is 289. The summed E-state index contributed by atoms with van der Waals surface area (Å²) in [6.07, 6.45) is 0. The normalized spacial score (nSPS) is 12.5. The van der Waals surface area contributed by atoms with Crippen LogP contribution >= 0.6 is 0 Å². The van der Waals surface area contributed by atoms with Gasteiger partial charge in [-0.15, -0.1) is 0 Å². The topological polar surface area (TPSA) is 41.5 Å². The number of aliphatic hydroxyl groups is 1. The third-order valence-electron chi connectivity index (χ3n) is 2.31. The largest absolute Gasteiger partial charge is 0.494 e. The van der Waals surface area contributed by atoms with Crippen molar-refractivity contribution in [3.8, 4) is 5.75 Å². The van der Waals surface area contributed by atoms with Crippen molar-refractivity contribution in [1.82, 2.24) is 5.32 Å². The second-order valence-corrected chi connectivity index (χ2v) is 3.44. The van der Waals surface area contributed by atoms with Gasteiger partial charge in [0.25, 0.3) is 0 Å². The first-order valence-corrected chi connectivity index (χ1v) is 5.30. The van der Waals surface area contributed by atoms with Gasteiger partial charge in [0.05, 0.1) is 13.2 Å². The molecule has 0 amide bonds. The predicted molar refractivity (Wildman–Crippen MR) is 61.4 cm³/mol. The summed E-state index contributed by atoms with van der Waals surface area (Å²) in [7, 11) is 1.88. The van der Waals surface area contributed by atoms with Crippen LogP contribution < -0.4 is 10.1 Å². The minimum absolute atomic E-state index is 0.135. The lowest BCUT2D eigenvalue weighted by Gasteiger charge is -2.15. The fraction of sp³-hybridized carbons (Fsp3) is 0.500. The Kier molecular flexibility index (Phi) is 5.15. The minimum Gasteiger partial charge on any atom is -0.494 e. The van der Waals surface area contributed by atoms with Crippen molar-refractivity contribution in [2.75, 3.05) is 26.8 Å². The summed E-state index contributed by atoms with van der Waals surface area (Å²) in [5, 5.41) is 12.3. The molecule has 0 spiro atoms. The quantitative estimate of drug-likeness (QED) is 0.743. The summed E-state index contributed by atoms with van der Waals surface area (Å²) < 4.78 is 5.42. The Balaban J connectivity index is 2.77. The lowest BCUT2D eigenvalue weighted by atomic mass is 10.00. The molecule has 0 bridgehead atoms. The first-order valence-electron chi connectivity index (χ1n) is 5.30. The van der Waals surface area contributed by atoms with Gasteiger partial charge >= 0.3 is 0 Å². The van der Waals surface area contributed by atoms with Gasteiger partial charge in [-0.25, -0.2) is 0 Å². The molecule has 0 saturated heterocycles. The number of rotatable bonds is 6. The number of ether oxygens (including phenoxy) is 1. The summed E-state index contributed by atoms with van der Waals surface area (Å²) in [6.45, 7) is 3.55. The molecule has 0 radical (unpaired) electrons. The smallest absolute Gasteiger partial charge is 0.119 e. The molecule has 0 aliphatic carbocycles. The van der Waals surface area contributed by atoms with Crippen LogP contribution in [-0.4, -0.2) is 31.9 Å². The van der Waals surface area contributed by atoms with Crippen LogP contribution in [0.3, 0.4) is 0 Å². The fourth-order valence-corrected chi connectivity index (χ4v) is 1.56. The molecule has 1 aromatic rings. The number of aliphatic hydroxyl groups excluding tert-OH is 1. The number of benzene rings is 1. The Morgan fingerprint density at radius 2 is 2.27 bits per heavy atom. The molecule has 0 saturated carbocycles. The zero-order chi connectivity index (χ0) is 11.1. The van der Waals surface area contributed by atoms with Crippen LogP contribution in [-0.2, 0) is 0 Å². The van der Waals surface area contributed by atoms with Gasteiger partial charge in [0, 0.05) is 12.5 Å². The third-order valence-corrected chi connectivity index (χ3v) is 2.31. The molecule has 0 fully saturated rings. The molecule has 2 N–H and O–H groups in total. The minimum atomic E-state index is 0.135. The fourth-order valence-electron chi connectivity index (χ4n) is 1.56. The molecule has 84 valence electrons. The molecule has 3 nitrogen and oxygen atoms in total. The Morgan fingerprint density at radius 1 is 1.47 bits per heavy atom. The molecule has 15 heavy (non-hydrogen) atoms. The summed E-state index contributed by atoms with van der Waals surface area (Å²) in [5.41, 5.74) is 1.11. The first-order chi connectivity index (χ1) is 7.31. The zero-order valence-corrected chi connectivity index (χ0v) is 9.36. The van der Waals surface area contributed by atoms with Crippen LogP contribution in [0.15, 0.2) is 24.3 Å². The van der Waals surface area contributed by atoms with Crippen LogP contribution in [0.2, 0.25) is 0 Å². The molecule has 1 aromatic carbocycles. The highest BCUT2D eigenvalue weighted by Gasteiger charge is 2.09. The van der Waals surface area contributed by atoms with E-state index in [-0.39, 0.29) is 12.5 Å². The molecule has 1 rings (SSSR count). The van der Waals surface area contributed by atoms with Crippen molar-refractivity contribution < 1.29 is 9.84 Å². The predicted octanol–water partition coefficient (Wildman–Crippen LogP) is 1.38. The van der Waals surface area contributed by atoms with E-state index in [1.807, 2.05) is 38.2 Å². The third kappa shape index (κ3) is 3.53. The van der Waals surface area contributed by atoms with E-state index in [2.05, 4.69) is 5.32 Å². The van der Waals surface area contributed by atoms with Gasteiger partial charge in [0.15, 0.2) is 0 Å². The zero-order valence-electron chi connectivity index (χ0n) is 9.36. The molecule has 0 aromatic heterocycles. The van der Waals surface area contributed by atoms with E-state index in [0.717, 1.165) is 17.9 Å². The SMILES string of the molecule is CCOc1cccc(C(CO)CNC)c1. The van der Waals surface area contributed by atoms with Crippen molar-refractivity contribution in [3.63, 3.8) is 0 Å². The van der Waals surface area contributed by atoms with Gasteiger partial charge < -0.3 is 15.2 Å². The average Bonchev–Trinajstić information content (AvgIpc) is 2.27. The number of likely N-dealkylation sites (N-methyl/N-ethyl adjacent to an activating group) is 1. The van der Waals surface area contributed by atoms with Crippen LogP contribution in [0.1, 0.15) is 18.4 Å². The lowest BCUT2D eigenvalue weighted by Crippen LogP contribution is -2.20. The highest BCUT2D eigenvalue weighted by atomic mass is 16.5. The standard InChI is InChI=1S/C12H19NO2/c1-3-15-12-6-4-5-10(7-12)11(9-14)8-13-2/h4-7,11,13-14H,3,8-9H2,1-2H3. The summed E-state index contributed by atoms with van der Waals surface area (Å²) in [5.74, 6) is 1.000. The van der Waals surface area contributed by atoms with E-state index in [0.29, 0.717) is 6.61 Å². The monoisotopic (exact) mass is 209 g/mol. The Labute approximate surface area is 91.1 Å². The van der Waals surface area contributed by atoms with Crippen molar-refractivity contribution >= 4 is 0 Å². The average molecular weight is 209 g/mol. The highest BCUT2D eigenvalue weighted by molar-refractivity contribution is 5.31. The summed E-state index contributed by atoms with van der Waals surface area (Å²) >= 11 is 0. The maximum atomic E-state index is 9.25. The second kappa shape index (κ2) is 6.43. The van der Waals surface area contributed by atoms with E-state index in [1.54, 1.807) is 0 Å². The van der Waals surface area contributed by atoms with Gasteiger partial charge in [0.1, 0.15) is 5.75 Å². The maximum absolute atomic E-state index is 9.25. The van der Waals surface area contributed by atoms with Gasteiger partial charge in [0.2, 0.25) is 0 Å². The van der Waals surface area contributed by atoms with E-state index < -0.39 is 0 Å². The molecule has 0 aliphatic heterocycles. The van der Waals surface area contributed by atoms with Gasteiger partial charge in [-0.1, -0.05) is 12.1 Å². The number of hydrogen-bond acceptors (Lipinski definition) is 3. The molecule has 0 heterocycles. The molecule has 1 unspecified atom stereocenters. The van der Waals surface area contributed by atoms with Gasteiger partial charge in [-0.05, 0) is 31.7 Å². The highest BCUT2D eigenvalue weighted by Crippen LogP contribution is 2.20. The maximum Gasteiger partial charge on any atom is 0.119 e. The summed E-state index contributed by atoms with van der Waals surface area (Å²) in [6, 6.07) is 7.89. The number of nitrogens with one attached hydrogen (secondary N) is 1. The van der Waals surface area contributed by atoms with Crippen LogP contribution in [0.5, 0.6) is 5.75 Å². The van der Waals surface area contributed by atoms with E-state index in [9.17, 15) is 5.11 Å². The second-order valence-electron chi connectivity index (χ2n) is 3.44. The van der Waals surface area contributed by atoms with Crippen LogP contribution in [0.25, 0.3) is 0 Å². The van der Waals surface area contributed by atoms with Crippen molar-refractivity contribution in [2.45, 2.75) is 12.8 Å². The van der Waals surface area contributed by atoms with Gasteiger partial charge in [-0.3, -0.25) is 0 Å². The van der Waals surface area contributed by atoms with E-state index in [4.69, 9.17) is 4.74 Å². The van der Waals surface area contributed by atoms with Gasteiger partial charge in [-0.2, -0.15) is 0 Å². The van der Waals surface area contributed by atoms with Crippen LogP contribution in [0, 0.1) is 0 Å². The Hall–Kier alpha value is -1.06. The molecule has 0 aliphatic rings. The van der Waals surface area contributed by atoms with E-state index in [1.165, 1.54) is 0 Å².